The molecule has 0 saturated heterocycles. The molecular formula is C21H20ClN3O3S. The summed E-state index contributed by atoms with van der Waals surface area (Å²) < 4.78 is 6.94. The number of para-hydroxylation sites is 2. The molecule has 1 aliphatic rings. The van der Waals surface area contributed by atoms with Crippen LogP contribution in [-0.4, -0.2) is 34.9 Å². The van der Waals surface area contributed by atoms with Crippen LogP contribution in [0.2, 0.25) is 5.02 Å². The van der Waals surface area contributed by atoms with Crippen LogP contribution in [0.4, 0.5) is 0 Å². The van der Waals surface area contributed by atoms with E-state index in [1.54, 1.807) is 37.4 Å². The molecule has 1 heterocycles. The van der Waals surface area contributed by atoms with Gasteiger partial charge in [0.25, 0.3) is 5.56 Å². The quantitative estimate of drug-likeness (QED) is 0.458. The minimum atomic E-state index is -0.239. The fraction of sp³-hybridized carbons (Fsp3) is 0.286. The molecule has 4 rings (SSSR count). The zero-order valence-electron chi connectivity index (χ0n) is 15.9. The molecule has 1 aliphatic carbocycles. The van der Waals surface area contributed by atoms with Crippen molar-refractivity contribution in [1.82, 2.24) is 14.9 Å². The van der Waals surface area contributed by atoms with Crippen LogP contribution >= 0.6 is 23.4 Å². The van der Waals surface area contributed by atoms with E-state index in [0.717, 1.165) is 0 Å². The minimum Gasteiger partial charge on any atom is -0.495 e. The summed E-state index contributed by atoms with van der Waals surface area (Å²) in [6.07, 6.45) is 2.35. The van der Waals surface area contributed by atoms with Crippen molar-refractivity contribution < 1.29 is 9.53 Å². The summed E-state index contributed by atoms with van der Waals surface area (Å²) in [4.78, 5) is 30.2. The first-order chi connectivity index (χ1) is 14.1. The molecule has 0 spiro atoms. The number of fused-ring (bicyclic) bond motifs is 1. The number of rotatable bonds is 7. The summed E-state index contributed by atoms with van der Waals surface area (Å²) in [5.41, 5.74) is 0.830. The Morgan fingerprint density at radius 3 is 2.86 bits per heavy atom. The molecule has 29 heavy (non-hydrogen) atoms. The summed E-state index contributed by atoms with van der Waals surface area (Å²) in [5.74, 6) is 1.25. The number of hydrogen-bond acceptors (Lipinski definition) is 5. The number of amides is 1. The van der Waals surface area contributed by atoms with Crippen molar-refractivity contribution in [2.24, 2.45) is 5.92 Å². The number of carbonyl (C=O) groups excluding carboxylic acids is 1. The fourth-order valence-electron chi connectivity index (χ4n) is 3.02. The van der Waals surface area contributed by atoms with E-state index in [4.69, 9.17) is 16.3 Å². The summed E-state index contributed by atoms with van der Waals surface area (Å²) >= 11 is 7.31. The molecule has 6 nitrogen and oxygen atoms in total. The second kappa shape index (κ2) is 8.47. The number of nitrogens with one attached hydrogen (secondary N) is 1. The molecule has 0 unspecified atom stereocenters. The van der Waals surface area contributed by atoms with Crippen LogP contribution in [0.25, 0.3) is 16.6 Å². The van der Waals surface area contributed by atoms with E-state index in [1.807, 2.05) is 12.1 Å². The second-order valence-electron chi connectivity index (χ2n) is 6.90. The number of halogens is 1. The van der Waals surface area contributed by atoms with E-state index in [-0.39, 0.29) is 17.2 Å². The number of thioether (sulfide) groups is 1. The van der Waals surface area contributed by atoms with Gasteiger partial charge in [-0.15, -0.1) is 0 Å². The van der Waals surface area contributed by atoms with Crippen molar-refractivity contribution in [3.05, 3.63) is 57.8 Å². The molecule has 1 fully saturated rings. The smallest absolute Gasteiger partial charge is 0.266 e. The van der Waals surface area contributed by atoms with Crippen LogP contribution in [0.1, 0.15) is 12.8 Å². The van der Waals surface area contributed by atoms with Gasteiger partial charge in [0.1, 0.15) is 5.75 Å². The number of hydrogen-bond donors (Lipinski definition) is 1. The molecule has 0 atom stereocenters. The van der Waals surface area contributed by atoms with Crippen molar-refractivity contribution in [1.29, 1.82) is 0 Å². The molecule has 0 bridgehead atoms. The molecule has 8 heteroatoms. The Labute approximate surface area is 177 Å². The first kappa shape index (κ1) is 19.8. The maximum Gasteiger partial charge on any atom is 0.266 e. The third-order valence-corrected chi connectivity index (χ3v) is 5.92. The summed E-state index contributed by atoms with van der Waals surface area (Å²) in [6.45, 7) is 0.708. The average molecular weight is 430 g/mol. The van der Waals surface area contributed by atoms with Gasteiger partial charge in [0, 0.05) is 11.6 Å². The second-order valence-corrected chi connectivity index (χ2v) is 8.28. The Kier molecular flexibility index (Phi) is 5.78. The van der Waals surface area contributed by atoms with Gasteiger partial charge in [0.05, 0.1) is 29.5 Å². The van der Waals surface area contributed by atoms with Crippen molar-refractivity contribution in [3.63, 3.8) is 0 Å². The largest absolute Gasteiger partial charge is 0.495 e. The molecule has 1 aromatic heterocycles. The van der Waals surface area contributed by atoms with Gasteiger partial charge in [-0.2, -0.15) is 0 Å². The lowest BCUT2D eigenvalue weighted by Crippen LogP contribution is -2.28. The monoisotopic (exact) mass is 429 g/mol. The van der Waals surface area contributed by atoms with Crippen molar-refractivity contribution in [3.8, 4) is 11.4 Å². The SMILES string of the molecule is COc1ccccc1-n1c(SCC(=O)NCC2CC2)nc2cc(Cl)ccc2c1=O. The fourth-order valence-corrected chi connectivity index (χ4v) is 4.03. The van der Waals surface area contributed by atoms with Crippen LogP contribution < -0.4 is 15.6 Å². The normalized spacial score (nSPS) is 13.4. The Balaban J connectivity index is 1.75. The van der Waals surface area contributed by atoms with Gasteiger partial charge < -0.3 is 10.1 Å². The third kappa shape index (κ3) is 4.41. The molecule has 150 valence electrons. The zero-order valence-corrected chi connectivity index (χ0v) is 17.4. The van der Waals surface area contributed by atoms with Gasteiger partial charge >= 0.3 is 0 Å². The van der Waals surface area contributed by atoms with Gasteiger partial charge in [0.2, 0.25) is 5.91 Å². The third-order valence-electron chi connectivity index (χ3n) is 4.74. The lowest BCUT2D eigenvalue weighted by molar-refractivity contribution is -0.118. The van der Waals surface area contributed by atoms with Crippen LogP contribution in [0.15, 0.2) is 52.4 Å². The molecule has 0 aliphatic heterocycles. The van der Waals surface area contributed by atoms with Crippen LogP contribution in [0, 0.1) is 5.92 Å². The number of ether oxygens (including phenoxy) is 1. The molecular weight excluding hydrogens is 410 g/mol. The molecule has 2 aromatic carbocycles. The highest BCUT2D eigenvalue weighted by molar-refractivity contribution is 7.99. The highest BCUT2D eigenvalue weighted by Gasteiger charge is 2.22. The van der Waals surface area contributed by atoms with E-state index in [1.165, 1.54) is 29.2 Å². The summed E-state index contributed by atoms with van der Waals surface area (Å²) in [6, 6.07) is 12.2. The van der Waals surface area contributed by atoms with Crippen molar-refractivity contribution in [2.45, 2.75) is 18.0 Å². The maximum atomic E-state index is 13.3. The van der Waals surface area contributed by atoms with E-state index in [0.29, 0.717) is 45.0 Å². The van der Waals surface area contributed by atoms with Gasteiger partial charge in [-0.3, -0.25) is 14.2 Å². The number of aromatic nitrogens is 2. The van der Waals surface area contributed by atoms with Gasteiger partial charge in [0.15, 0.2) is 5.16 Å². The standard InChI is InChI=1S/C21H20ClN3O3S/c1-28-18-5-3-2-4-17(18)25-20(27)15-9-8-14(22)10-16(15)24-21(25)29-12-19(26)23-11-13-6-7-13/h2-5,8-10,13H,6-7,11-12H2,1H3,(H,23,26). The van der Waals surface area contributed by atoms with E-state index < -0.39 is 0 Å². The van der Waals surface area contributed by atoms with Gasteiger partial charge in [-0.1, -0.05) is 35.5 Å². The first-order valence-electron chi connectivity index (χ1n) is 9.32. The van der Waals surface area contributed by atoms with Gasteiger partial charge in [-0.25, -0.2) is 4.98 Å². The Hall–Kier alpha value is -2.51. The number of benzene rings is 2. The Morgan fingerprint density at radius 2 is 2.10 bits per heavy atom. The van der Waals surface area contributed by atoms with Crippen molar-refractivity contribution in [2.75, 3.05) is 19.4 Å². The van der Waals surface area contributed by atoms with E-state index in [2.05, 4.69) is 10.3 Å². The Morgan fingerprint density at radius 1 is 1.31 bits per heavy atom. The lowest BCUT2D eigenvalue weighted by Gasteiger charge is -2.15. The molecule has 3 aromatic rings. The number of methoxy groups -OCH3 is 1. The van der Waals surface area contributed by atoms with Crippen LogP contribution in [-0.2, 0) is 4.79 Å². The predicted molar refractivity (Wildman–Crippen MR) is 115 cm³/mol. The summed E-state index contributed by atoms with van der Waals surface area (Å²) in [7, 11) is 1.55. The minimum absolute atomic E-state index is 0.0751. The lowest BCUT2D eigenvalue weighted by atomic mass is 10.2. The van der Waals surface area contributed by atoms with E-state index >= 15 is 0 Å². The number of nitrogens with zero attached hydrogens (tertiary/aromatic N) is 2. The topological polar surface area (TPSA) is 73.2 Å². The molecule has 1 N–H and O–H groups in total. The van der Waals surface area contributed by atoms with Crippen LogP contribution in [0.3, 0.4) is 0 Å². The summed E-state index contributed by atoms with van der Waals surface area (Å²) in [5, 5.41) is 4.29. The number of carbonyl (C=O) groups is 1. The maximum absolute atomic E-state index is 13.3. The zero-order chi connectivity index (χ0) is 20.4. The average Bonchev–Trinajstić information content (AvgIpc) is 3.55. The first-order valence-corrected chi connectivity index (χ1v) is 10.7. The molecule has 1 saturated carbocycles. The Bertz CT molecular complexity index is 1130. The highest BCUT2D eigenvalue weighted by atomic mass is 35.5. The van der Waals surface area contributed by atoms with E-state index in [9.17, 15) is 9.59 Å². The van der Waals surface area contributed by atoms with Crippen LogP contribution in [0.5, 0.6) is 5.75 Å². The molecule has 0 radical (unpaired) electrons. The van der Waals surface area contributed by atoms with Gasteiger partial charge in [-0.05, 0) is 49.1 Å². The highest BCUT2D eigenvalue weighted by Crippen LogP contribution is 2.29. The van der Waals surface area contributed by atoms with Crippen molar-refractivity contribution >= 4 is 40.2 Å². The predicted octanol–water partition coefficient (Wildman–Crippen LogP) is 3.67. The molecule has 1 amide bonds.